The van der Waals surface area contributed by atoms with Crippen molar-refractivity contribution in [2.75, 3.05) is 7.11 Å². The third-order valence-corrected chi connectivity index (χ3v) is 9.76. The first-order chi connectivity index (χ1) is 14.4. The first-order valence-corrected chi connectivity index (χ1v) is 13.1. The Balaban J connectivity index is 1.64. The molecular weight excluding hydrogens is 564 g/mol. The van der Waals surface area contributed by atoms with E-state index < -0.39 is 0 Å². The third-order valence-electron chi connectivity index (χ3n) is 4.93. The van der Waals surface area contributed by atoms with Crippen molar-refractivity contribution in [3.8, 4) is 20.9 Å². The summed E-state index contributed by atoms with van der Waals surface area (Å²) in [4.78, 5) is 14.7. The van der Waals surface area contributed by atoms with Crippen LogP contribution in [0.1, 0.15) is 15.9 Å². The fraction of sp³-hybridized carbons (Fsp3) is 0.0870. The summed E-state index contributed by atoms with van der Waals surface area (Å²) in [7, 11) is 1.42. The van der Waals surface area contributed by atoms with Crippen molar-refractivity contribution in [1.29, 1.82) is 0 Å². The van der Waals surface area contributed by atoms with Gasteiger partial charge in [0, 0.05) is 33.7 Å². The summed E-state index contributed by atoms with van der Waals surface area (Å²) in [5, 5.41) is 0. The van der Waals surface area contributed by atoms with Gasteiger partial charge in [0.15, 0.2) is 0 Å². The van der Waals surface area contributed by atoms with Gasteiger partial charge in [0.25, 0.3) is 0 Å². The molecule has 7 heteroatoms. The average Bonchev–Trinajstić information content (AvgIpc) is 3.38. The lowest BCUT2D eigenvalue weighted by atomic mass is 10.1. The molecule has 0 bridgehead atoms. The first-order valence-electron chi connectivity index (χ1n) is 9.05. The van der Waals surface area contributed by atoms with Gasteiger partial charge in [-0.05, 0) is 54.4 Å². The summed E-state index contributed by atoms with van der Waals surface area (Å²) >= 11 is 12.4. The zero-order valence-electron chi connectivity index (χ0n) is 15.9. The highest BCUT2D eigenvalue weighted by Gasteiger charge is 2.19. The number of ether oxygens (including phenoxy) is 1. The van der Waals surface area contributed by atoms with Crippen LogP contribution >= 0.6 is 65.9 Å². The minimum Gasteiger partial charge on any atom is -0.465 e. The highest BCUT2D eigenvalue weighted by Crippen LogP contribution is 2.48. The predicted molar refractivity (Wildman–Crippen MR) is 137 cm³/mol. The number of carbonyl (C=O) groups is 1. The van der Waals surface area contributed by atoms with Crippen molar-refractivity contribution in [2.45, 2.75) is 6.92 Å². The number of thiophene rings is 3. The summed E-state index contributed by atoms with van der Waals surface area (Å²) in [6.45, 7) is 2.15. The van der Waals surface area contributed by atoms with Crippen LogP contribution in [0.4, 0.5) is 0 Å². The Morgan fingerprint density at radius 2 is 1.37 bits per heavy atom. The molecule has 0 atom stereocenters. The van der Waals surface area contributed by atoms with Crippen LogP contribution in [0.3, 0.4) is 0 Å². The van der Waals surface area contributed by atoms with E-state index in [0.717, 1.165) is 19.4 Å². The molecule has 150 valence electrons. The summed E-state index contributed by atoms with van der Waals surface area (Å²) < 4.78 is 12.1. The van der Waals surface area contributed by atoms with Crippen LogP contribution in [0.25, 0.3) is 39.7 Å². The van der Waals surface area contributed by atoms with Crippen LogP contribution in [-0.2, 0) is 4.74 Å². The van der Waals surface area contributed by atoms with E-state index >= 15 is 0 Å². The van der Waals surface area contributed by atoms with Gasteiger partial charge in [-0.15, -0.1) is 34.0 Å². The van der Waals surface area contributed by atoms with Gasteiger partial charge in [-0.25, -0.2) is 4.79 Å². The molecule has 0 N–H and O–H groups in total. The van der Waals surface area contributed by atoms with Gasteiger partial charge in [0.2, 0.25) is 0 Å². The quantitative estimate of drug-likeness (QED) is 0.200. The van der Waals surface area contributed by atoms with Crippen LogP contribution in [0.15, 0.2) is 57.5 Å². The van der Waals surface area contributed by atoms with E-state index in [1.165, 1.54) is 41.9 Å². The summed E-state index contributed by atoms with van der Waals surface area (Å²) in [5.74, 6) is -0.322. The van der Waals surface area contributed by atoms with E-state index in [0.29, 0.717) is 5.56 Å². The van der Waals surface area contributed by atoms with Crippen molar-refractivity contribution in [3.63, 3.8) is 0 Å². The second-order valence-corrected chi connectivity index (χ2v) is 11.9. The number of rotatable bonds is 3. The van der Waals surface area contributed by atoms with Crippen LogP contribution in [0, 0.1) is 6.92 Å². The number of hydrogen-bond acceptors (Lipinski definition) is 5. The van der Waals surface area contributed by atoms with Gasteiger partial charge in [-0.1, -0.05) is 44.0 Å². The van der Waals surface area contributed by atoms with Gasteiger partial charge in [-0.3, -0.25) is 0 Å². The van der Waals surface area contributed by atoms with Crippen molar-refractivity contribution in [1.82, 2.24) is 0 Å². The fourth-order valence-corrected chi connectivity index (χ4v) is 8.50. The molecule has 0 fully saturated rings. The smallest absolute Gasteiger partial charge is 0.338 e. The lowest BCUT2D eigenvalue weighted by Gasteiger charge is -2.06. The van der Waals surface area contributed by atoms with Gasteiger partial charge in [0.1, 0.15) is 0 Å². The molecule has 0 aliphatic rings. The molecule has 0 saturated carbocycles. The predicted octanol–water partition coefficient (Wildman–Crippen LogP) is 9.13. The zero-order chi connectivity index (χ0) is 21.0. The maximum Gasteiger partial charge on any atom is 0.338 e. The minimum absolute atomic E-state index is 0.322. The Kier molecular flexibility index (Phi) is 5.35. The van der Waals surface area contributed by atoms with Crippen molar-refractivity contribution >= 4 is 90.6 Å². The lowest BCUT2D eigenvalue weighted by molar-refractivity contribution is 0.0601. The number of aryl methyl sites for hydroxylation is 1. The fourth-order valence-electron chi connectivity index (χ4n) is 3.51. The van der Waals surface area contributed by atoms with Gasteiger partial charge in [0.05, 0.1) is 22.1 Å². The van der Waals surface area contributed by atoms with E-state index in [4.69, 9.17) is 4.74 Å². The molecule has 30 heavy (non-hydrogen) atoms. The van der Waals surface area contributed by atoms with Crippen LogP contribution < -0.4 is 0 Å². The number of fused-ring (bicyclic) bond motifs is 3. The monoisotopic (exact) mass is 576 g/mol. The Morgan fingerprint density at radius 3 is 1.97 bits per heavy atom. The van der Waals surface area contributed by atoms with E-state index in [2.05, 4.69) is 69.1 Å². The van der Waals surface area contributed by atoms with Crippen molar-refractivity contribution in [2.24, 2.45) is 0 Å². The first kappa shape index (κ1) is 20.4. The second kappa shape index (κ2) is 7.88. The SMILES string of the molecule is COC(=O)c1cc(Br)ccc1-c1cc2sc3cc(-c4ccc(Br)cc4C)sc3c2s1. The molecule has 5 rings (SSSR count). The lowest BCUT2D eigenvalue weighted by Crippen LogP contribution is -2.03. The largest absolute Gasteiger partial charge is 0.465 e. The van der Waals surface area contributed by atoms with Gasteiger partial charge in [-0.2, -0.15) is 0 Å². The molecule has 0 spiro atoms. The highest BCUT2D eigenvalue weighted by atomic mass is 79.9. The van der Waals surface area contributed by atoms with E-state index in [9.17, 15) is 4.79 Å². The molecule has 0 aliphatic heterocycles. The van der Waals surface area contributed by atoms with Gasteiger partial charge < -0.3 is 4.74 Å². The summed E-state index contributed by atoms with van der Waals surface area (Å²) in [6.07, 6.45) is 0. The minimum atomic E-state index is -0.322. The highest BCUT2D eigenvalue weighted by molar-refractivity contribution is 9.10. The average molecular weight is 578 g/mol. The number of methoxy groups -OCH3 is 1. The third kappa shape index (κ3) is 3.46. The summed E-state index contributed by atoms with van der Waals surface area (Å²) in [5.41, 5.74) is 4.03. The Hall–Kier alpha value is -1.51. The maximum atomic E-state index is 12.3. The Morgan fingerprint density at radius 1 is 0.800 bits per heavy atom. The molecule has 5 aromatic rings. The molecular formula is C23H14Br2O2S3. The number of hydrogen-bond donors (Lipinski definition) is 0. The molecule has 2 aromatic carbocycles. The van der Waals surface area contributed by atoms with E-state index in [-0.39, 0.29) is 5.97 Å². The van der Waals surface area contributed by atoms with Crippen LogP contribution in [-0.4, -0.2) is 13.1 Å². The number of benzene rings is 2. The van der Waals surface area contributed by atoms with Crippen molar-refractivity contribution in [3.05, 3.63) is 68.6 Å². The van der Waals surface area contributed by atoms with Crippen LogP contribution in [0.2, 0.25) is 0 Å². The van der Waals surface area contributed by atoms with Crippen molar-refractivity contribution < 1.29 is 9.53 Å². The Labute approximate surface area is 202 Å². The molecule has 0 saturated heterocycles. The molecule has 2 nitrogen and oxygen atoms in total. The molecule has 3 aromatic heterocycles. The summed E-state index contributed by atoms with van der Waals surface area (Å²) in [6, 6.07) is 16.7. The number of halogens is 2. The number of carbonyl (C=O) groups excluding carboxylic acids is 1. The normalized spacial score (nSPS) is 11.5. The van der Waals surface area contributed by atoms with Crippen LogP contribution in [0.5, 0.6) is 0 Å². The van der Waals surface area contributed by atoms with E-state index in [1.54, 1.807) is 11.3 Å². The molecule has 0 aliphatic carbocycles. The number of esters is 1. The van der Waals surface area contributed by atoms with Gasteiger partial charge >= 0.3 is 5.97 Å². The Bertz CT molecular complexity index is 1440. The standard InChI is InChI=1S/C23H14Br2O2S3/c1-11-7-12(24)3-5-14(11)17-9-19-21(29-17)22-20(28-19)10-18(30-22)15-6-4-13(25)8-16(15)23(26)27-2/h3-10H,1-2H3. The molecule has 0 unspecified atom stereocenters. The molecule has 0 amide bonds. The topological polar surface area (TPSA) is 26.3 Å². The maximum absolute atomic E-state index is 12.3. The second-order valence-electron chi connectivity index (χ2n) is 6.85. The van der Waals surface area contributed by atoms with E-state index in [1.807, 2.05) is 40.9 Å². The molecule has 3 heterocycles. The zero-order valence-corrected chi connectivity index (χ0v) is 21.5. The molecule has 0 radical (unpaired) electrons.